The maximum Gasteiger partial charge on any atom is 0.220 e. The van der Waals surface area contributed by atoms with Gasteiger partial charge in [0.2, 0.25) is 5.91 Å². The van der Waals surface area contributed by atoms with Gasteiger partial charge in [-0.1, -0.05) is 42.0 Å². The molecule has 0 saturated carbocycles. The second-order valence-corrected chi connectivity index (χ2v) is 9.60. The molecule has 1 amide bonds. The summed E-state index contributed by atoms with van der Waals surface area (Å²) in [6, 6.07) is 17.1. The number of carbonyl (C=O) groups is 1. The van der Waals surface area contributed by atoms with Crippen molar-refractivity contribution in [3.63, 3.8) is 0 Å². The maximum atomic E-state index is 12.7. The van der Waals surface area contributed by atoms with Crippen molar-refractivity contribution in [2.24, 2.45) is 0 Å². The quantitative estimate of drug-likeness (QED) is 0.586. The first kappa shape index (κ1) is 23.3. The average Bonchev–Trinajstić information content (AvgIpc) is 2.69. The highest BCUT2D eigenvalue weighted by molar-refractivity contribution is 5.76. The molecule has 1 aliphatic rings. The van der Waals surface area contributed by atoms with Crippen molar-refractivity contribution in [3.05, 3.63) is 65.2 Å². The van der Waals surface area contributed by atoms with Gasteiger partial charge in [0.15, 0.2) is 0 Å². The molecule has 1 fully saturated rings. The van der Waals surface area contributed by atoms with E-state index in [0.29, 0.717) is 13.0 Å². The molecule has 1 N–H and O–H groups in total. The molecule has 168 valence electrons. The lowest BCUT2D eigenvalue weighted by Gasteiger charge is -2.35. The summed E-state index contributed by atoms with van der Waals surface area (Å²) in [6.45, 7) is 11.0. The molecule has 3 rings (SSSR count). The number of aryl methyl sites for hydroxylation is 1. The van der Waals surface area contributed by atoms with Crippen LogP contribution in [0.5, 0.6) is 5.75 Å². The van der Waals surface area contributed by atoms with Crippen LogP contribution in [0.15, 0.2) is 48.5 Å². The zero-order valence-corrected chi connectivity index (χ0v) is 19.6. The van der Waals surface area contributed by atoms with E-state index in [4.69, 9.17) is 9.47 Å². The zero-order chi connectivity index (χ0) is 22.4. The van der Waals surface area contributed by atoms with Crippen molar-refractivity contribution in [3.8, 4) is 5.75 Å². The highest BCUT2D eigenvalue weighted by Gasteiger charge is 2.29. The molecule has 1 aliphatic heterocycles. The predicted octanol–water partition coefficient (Wildman–Crippen LogP) is 5.77. The summed E-state index contributed by atoms with van der Waals surface area (Å²) in [5, 5.41) is 3.23. The summed E-state index contributed by atoms with van der Waals surface area (Å²) >= 11 is 0. The zero-order valence-electron chi connectivity index (χ0n) is 19.6. The molecule has 2 aromatic carbocycles. The van der Waals surface area contributed by atoms with Gasteiger partial charge in [-0.05, 0) is 77.1 Å². The minimum atomic E-state index is -0.166. The first-order valence-corrected chi connectivity index (χ1v) is 11.5. The molecule has 0 spiro atoms. The van der Waals surface area contributed by atoms with Crippen molar-refractivity contribution in [1.29, 1.82) is 0 Å². The Labute approximate surface area is 187 Å². The number of carbonyl (C=O) groups excluding carboxylic acids is 1. The lowest BCUT2D eigenvalue weighted by Crippen LogP contribution is -2.45. The standard InChI is InChI=1S/C27H37NO3/c1-19(2)31-24-12-10-22(11-13-24)25(21-8-6-20(3)7-9-21)14-15-26(29)28-23-16-17-30-27(4,5)18-23/h6-13,19,23,25H,14-18H2,1-5H3,(H,28,29)/t23-,25-/m0/s1. The monoisotopic (exact) mass is 423 g/mol. The average molecular weight is 424 g/mol. The summed E-state index contributed by atoms with van der Waals surface area (Å²) in [5.74, 6) is 1.17. The summed E-state index contributed by atoms with van der Waals surface area (Å²) in [6.07, 6.45) is 3.16. The lowest BCUT2D eigenvalue weighted by molar-refractivity contribution is -0.124. The van der Waals surface area contributed by atoms with Gasteiger partial charge >= 0.3 is 0 Å². The van der Waals surface area contributed by atoms with E-state index in [1.54, 1.807) is 0 Å². The minimum Gasteiger partial charge on any atom is -0.491 e. The summed E-state index contributed by atoms with van der Waals surface area (Å²) in [5.41, 5.74) is 3.52. The summed E-state index contributed by atoms with van der Waals surface area (Å²) in [7, 11) is 0. The van der Waals surface area contributed by atoms with Crippen LogP contribution in [0, 0.1) is 6.92 Å². The molecule has 4 heteroatoms. The number of hydrogen-bond acceptors (Lipinski definition) is 3. The van der Waals surface area contributed by atoms with E-state index >= 15 is 0 Å². The Morgan fingerprint density at radius 3 is 2.29 bits per heavy atom. The van der Waals surface area contributed by atoms with Crippen LogP contribution in [0.25, 0.3) is 0 Å². The van der Waals surface area contributed by atoms with Crippen LogP contribution in [-0.2, 0) is 9.53 Å². The Balaban J connectivity index is 1.68. The van der Waals surface area contributed by atoms with E-state index in [1.165, 1.54) is 16.7 Å². The number of hydrogen-bond donors (Lipinski definition) is 1. The van der Waals surface area contributed by atoms with Crippen LogP contribution in [0.1, 0.15) is 76.0 Å². The molecular weight excluding hydrogens is 386 g/mol. The fourth-order valence-electron chi connectivity index (χ4n) is 4.31. The van der Waals surface area contributed by atoms with Crippen molar-refractivity contribution in [1.82, 2.24) is 5.32 Å². The number of nitrogens with one attached hydrogen (secondary N) is 1. The van der Waals surface area contributed by atoms with Crippen LogP contribution >= 0.6 is 0 Å². The van der Waals surface area contributed by atoms with Crippen molar-refractivity contribution in [2.45, 2.75) is 84.0 Å². The molecule has 4 nitrogen and oxygen atoms in total. The summed E-state index contributed by atoms with van der Waals surface area (Å²) in [4.78, 5) is 12.7. The molecule has 1 heterocycles. The van der Waals surface area contributed by atoms with E-state index in [-0.39, 0.29) is 29.6 Å². The van der Waals surface area contributed by atoms with E-state index < -0.39 is 0 Å². The first-order chi connectivity index (χ1) is 14.7. The number of benzene rings is 2. The molecule has 2 atom stereocenters. The Hall–Kier alpha value is -2.33. The minimum absolute atomic E-state index is 0.125. The second kappa shape index (κ2) is 10.3. The Kier molecular flexibility index (Phi) is 7.77. The second-order valence-electron chi connectivity index (χ2n) is 9.60. The van der Waals surface area contributed by atoms with Gasteiger partial charge in [-0.2, -0.15) is 0 Å². The smallest absolute Gasteiger partial charge is 0.220 e. The number of ether oxygens (including phenoxy) is 2. The van der Waals surface area contributed by atoms with Crippen molar-refractivity contribution >= 4 is 5.91 Å². The molecule has 0 bridgehead atoms. The third-order valence-electron chi connectivity index (χ3n) is 5.86. The summed E-state index contributed by atoms with van der Waals surface area (Å²) < 4.78 is 11.6. The fourth-order valence-corrected chi connectivity index (χ4v) is 4.31. The molecule has 31 heavy (non-hydrogen) atoms. The highest BCUT2D eigenvalue weighted by atomic mass is 16.5. The van der Waals surface area contributed by atoms with Gasteiger partial charge in [0.1, 0.15) is 5.75 Å². The topological polar surface area (TPSA) is 47.6 Å². The molecule has 0 aliphatic carbocycles. The third-order valence-corrected chi connectivity index (χ3v) is 5.86. The third kappa shape index (κ3) is 7.10. The van der Waals surface area contributed by atoms with Crippen molar-refractivity contribution in [2.75, 3.05) is 6.61 Å². The van der Waals surface area contributed by atoms with E-state index in [0.717, 1.165) is 25.0 Å². The van der Waals surface area contributed by atoms with Crippen LogP contribution in [0.3, 0.4) is 0 Å². The van der Waals surface area contributed by atoms with Crippen molar-refractivity contribution < 1.29 is 14.3 Å². The van der Waals surface area contributed by atoms with Gasteiger partial charge in [-0.3, -0.25) is 4.79 Å². The van der Waals surface area contributed by atoms with Gasteiger partial charge in [0.05, 0.1) is 11.7 Å². The van der Waals surface area contributed by atoms with E-state index in [2.05, 4.69) is 62.5 Å². The highest BCUT2D eigenvalue weighted by Crippen LogP contribution is 2.31. The lowest BCUT2D eigenvalue weighted by atomic mass is 9.87. The van der Waals surface area contributed by atoms with Gasteiger partial charge in [-0.25, -0.2) is 0 Å². The first-order valence-electron chi connectivity index (χ1n) is 11.5. The molecule has 0 radical (unpaired) electrons. The Bertz CT molecular complexity index is 840. The molecular formula is C27H37NO3. The Morgan fingerprint density at radius 2 is 1.71 bits per heavy atom. The van der Waals surface area contributed by atoms with Gasteiger partial charge in [0, 0.05) is 25.0 Å². The van der Waals surface area contributed by atoms with E-state index in [1.807, 2.05) is 26.0 Å². The fraction of sp³-hybridized carbons (Fsp3) is 0.519. The van der Waals surface area contributed by atoms with Crippen LogP contribution in [-0.4, -0.2) is 30.3 Å². The molecule has 0 unspecified atom stereocenters. The number of rotatable bonds is 8. The molecule has 1 saturated heterocycles. The normalized spacial score (nSPS) is 19.1. The van der Waals surface area contributed by atoms with Gasteiger partial charge < -0.3 is 14.8 Å². The maximum absolute atomic E-state index is 12.7. The molecule has 2 aromatic rings. The van der Waals surface area contributed by atoms with E-state index in [9.17, 15) is 4.79 Å². The SMILES string of the molecule is Cc1ccc([C@H](CCC(=O)N[C@H]2CCOC(C)(C)C2)c2ccc(OC(C)C)cc2)cc1. The van der Waals surface area contributed by atoms with Crippen LogP contribution < -0.4 is 10.1 Å². The van der Waals surface area contributed by atoms with Gasteiger partial charge in [-0.15, -0.1) is 0 Å². The van der Waals surface area contributed by atoms with Gasteiger partial charge in [0.25, 0.3) is 0 Å². The largest absolute Gasteiger partial charge is 0.491 e. The van der Waals surface area contributed by atoms with Crippen LogP contribution in [0.2, 0.25) is 0 Å². The van der Waals surface area contributed by atoms with Crippen LogP contribution in [0.4, 0.5) is 0 Å². The predicted molar refractivity (Wildman–Crippen MR) is 126 cm³/mol. The molecule has 0 aromatic heterocycles. The Morgan fingerprint density at radius 1 is 1.10 bits per heavy atom. The number of amides is 1.